The van der Waals surface area contributed by atoms with Gasteiger partial charge in [0.05, 0.1) is 5.54 Å². The molecule has 1 saturated carbocycles. The number of benzene rings is 2. The molecule has 168 valence electrons. The van der Waals surface area contributed by atoms with Crippen LogP contribution in [-0.4, -0.2) is 26.6 Å². The molecule has 0 atom stereocenters. The van der Waals surface area contributed by atoms with E-state index in [2.05, 4.69) is 29.2 Å². The summed E-state index contributed by atoms with van der Waals surface area (Å²) in [7, 11) is 0. The summed E-state index contributed by atoms with van der Waals surface area (Å²) in [5.41, 5.74) is 3.70. The van der Waals surface area contributed by atoms with E-state index in [1.807, 2.05) is 63.2 Å². The van der Waals surface area contributed by atoms with Gasteiger partial charge in [-0.05, 0) is 63.3 Å². The molecule has 0 unspecified atom stereocenters. The molecule has 0 bridgehead atoms. The van der Waals surface area contributed by atoms with Crippen molar-refractivity contribution >= 4 is 17.2 Å². The van der Waals surface area contributed by atoms with Gasteiger partial charge in [-0.15, -0.1) is 0 Å². The van der Waals surface area contributed by atoms with Crippen LogP contribution in [0.2, 0.25) is 0 Å². The Hall–Kier alpha value is -3.60. The molecule has 0 spiro atoms. The largest absolute Gasteiger partial charge is 0.465 e. The molecular weight excluding hydrogens is 412 g/mol. The second-order valence-electron chi connectivity index (χ2n) is 9.78. The smallest absolute Gasteiger partial charge is 0.408 e. The van der Waals surface area contributed by atoms with Crippen molar-refractivity contribution in [3.63, 3.8) is 0 Å². The van der Waals surface area contributed by atoms with Crippen LogP contribution in [0.1, 0.15) is 45.6 Å². The number of amides is 1. The first-order valence-corrected chi connectivity index (χ1v) is 11.4. The third-order valence-electron chi connectivity index (χ3n) is 6.68. The highest BCUT2D eigenvalue weighted by Crippen LogP contribution is 2.50. The second-order valence-corrected chi connectivity index (χ2v) is 9.78. The summed E-state index contributed by atoms with van der Waals surface area (Å²) in [6.45, 7) is 5.88. The second kappa shape index (κ2) is 7.77. The van der Waals surface area contributed by atoms with Crippen molar-refractivity contribution in [3.05, 3.63) is 78.5 Å². The Morgan fingerprint density at radius 1 is 0.970 bits per heavy atom. The van der Waals surface area contributed by atoms with Gasteiger partial charge < -0.3 is 9.52 Å². The minimum atomic E-state index is -0.874. The van der Waals surface area contributed by atoms with Crippen LogP contribution in [0, 0.1) is 0 Å². The van der Waals surface area contributed by atoms with E-state index in [-0.39, 0.29) is 0 Å². The molecule has 1 N–H and O–H groups in total. The van der Waals surface area contributed by atoms with Crippen molar-refractivity contribution in [2.75, 3.05) is 0 Å². The van der Waals surface area contributed by atoms with E-state index in [4.69, 9.17) is 4.42 Å². The van der Waals surface area contributed by atoms with E-state index in [0.717, 1.165) is 52.7 Å². The average molecular weight is 441 g/mol. The normalized spacial score (nSPS) is 15.2. The van der Waals surface area contributed by atoms with Gasteiger partial charge in [-0.3, -0.25) is 4.90 Å². The first-order chi connectivity index (χ1) is 15.8. The highest BCUT2D eigenvalue weighted by molar-refractivity contribution is 6.00. The molecule has 0 saturated heterocycles. The Kier molecular flexibility index (Phi) is 5.00. The molecule has 5 heteroatoms. The zero-order chi connectivity index (χ0) is 23.2. The third kappa shape index (κ3) is 3.48. The molecular formula is C28H28N2O3. The van der Waals surface area contributed by atoms with Crippen LogP contribution in [0.25, 0.3) is 33.6 Å². The van der Waals surface area contributed by atoms with Crippen LogP contribution < -0.4 is 0 Å². The number of fused-ring (bicyclic) bond motifs is 1. The van der Waals surface area contributed by atoms with E-state index in [9.17, 15) is 9.90 Å². The SMILES string of the molecule is CC(C)(C)N(C(=O)O)C1(c2ccc(-c3oc4ncccc4c3-c3ccccc3)cc2)CCC1. The molecule has 1 fully saturated rings. The van der Waals surface area contributed by atoms with E-state index in [1.54, 1.807) is 11.1 Å². The summed E-state index contributed by atoms with van der Waals surface area (Å²) in [4.78, 5) is 18.3. The van der Waals surface area contributed by atoms with Gasteiger partial charge in [0.1, 0.15) is 5.76 Å². The summed E-state index contributed by atoms with van der Waals surface area (Å²) < 4.78 is 6.23. The minimum absolute atomic E-state index is 0.486. The number of furan rings is 1. The van der Waals surface area contributed by atoms with Gasteiger partial charge in [-0.25, -0.2) is 9.78 Å². The number of carbonyl (C=O) groups is 1. The Morgan fingerprint density at radius 3 is 2.24 bits per heavy atom. The predicted octanol–water partition coefficient (Wildman–Crippen LogP) is 7.32. The van der Waals surface area contributed by atoms with Gasteiger partial charge in [0, 0.05) is 28.2 Å². The summed E-state index contributed by atoms with van der Waals surface area (Å²) in [6, 6.07) is 22.4. The van der Waals surface area contributed by atoms with Gasteiger partial charge >= 0.3 is 6.09 Å². The molecule has 4 aromatic rings. The highest BCUT2D eigenvalue weighted by atomic mass is 16.4. The fraction of sp³-hybridized carbons (Fsp3) is 0.286. The van der Waals surface area contributed by atoms with Crippen LogP contribution in [0.3, 0.4) is 0 Å². The molecule has 0 radical (unpaired) electrons. The number of nitrogens with zero attached hydrogens (tertiary/aromatic N) is 2. The zero-order valence-electron chi connectivity index (χ0n) is 19.2. The first kappa shape index (κ1) is 21.3. The minimum Gasteiger partial charge on any atom is -0.465 e. The Balaban J connectivity index is 1.61. The molecule has 33 heavy (non-hydrogen) atoms. The summed E-state index contributed by atoms with van der Waals surface area (Å²) in [5.74, 6) is 0.773. The molecule has 0 aliphatic heterocycles. The van der Waals surface area contributed by atoms with Crippen molar-refractivity contribution in [3.8, 4) is 22.5 Å². The van der Waals surface area contributed by atoms with Crippen molar-refractivity contribution in [2.24, 2.45) is 0 Å². The molecule has 2 heterocycles. The molecule has 5 nitrogen and oxygen atoms in total. The maximum Gasteiger partial charge on any atom is 0.408 e. The van der Waals surface area contributed by atoms with Crippen LogP contribution in [0.4, 0.5) is 4.79 Å². The number of hydrogen-bond acceptors (Lipinski definition) is 3. The van der Waals surface area contributed by atoms with Gasteiger partial charge in [0.15, 0.2) is 0 Å². The van der Waals surface area contributed by atoms with Crippen LogP contribution in [-0.2, 0) is 5.54 Å². The third-order valence-corrected chi connectivity index (χ3v) is 6.68. The lowest BCUT2D eigenvalue weighted by atomic mass is 9.69. The van der Waals surface area contributed by atoms with E-state index in [0.29, 0.717) is 5.71 Å². The molecule has 2 aromatic carbocycles. The number of rotatable bonds is 4. The van der Waals surface area contributed by atoms with Crippen molar-refractivity contribution < 1.29 is 14.3 Å². The summed E-state index contributed by atoms with van der Waals surface area (Å²) in [6.07, 6.45) is 3.55. The molecule has 2 aromatic heterocycles. The van der Waals surface area contributed by atoms with E-state index < -0.39 is 17.2 Å². The van der Waals surface area contributed by atoms with Gasteiger partial charge in [0.25, 0.3) is 0 Å². The van der Waals surface area contributed by atoms with Gasteiger partial charge in [-0.2, -0.15) is 0 Å². The fourth-order valence-corrected chi connectivity index (χ4v) is 5.22. The lowest BCUT2D eigenvalue weighted by Crippen LogP contribution is -2.60. The number of hydrogen-bond donors (Lipinski definition) is 1. The van der Waals surface area contributed by atoms with Crippen molar-refractivity contribution in [1.82, 2.24) is 9.88 Å². The number of carboxylic acid groups (broad SMARTS) is 1. The Morgan fingerprint density at radius 2 is 1.67 bits per heavy atom. The van der Waals surface area contributed by atoms with Crippen LogP contribution in [0.15, 0.2) is 77.3 Å². The highest BCUT2D eigenvalue weighted by Gasteiger charge is 2.50. The zero-order valence-corrected chi connectivity index (χ0v) is 19.2. The fourth-order valence-electron chi connectivity index (χ4n) is 5.22. The van der Waals surface area contributed by atoms with Crippen LogP contribution in [0.5, 0.6) is 0 Å². The predicted molar refractivity (Wildman–Crippen MR) is 130 cm³/mol. The maximum absolute atomic E-state index is 12.3. The van der Waals surface area contributed by atoms with Gasteiger partial charge in [0.2, 0.25) is 5.71 Å². The lowest BCUT2D eigenvalue weighted by molar-refractivity contribution is -0.0328. The monoisotopic (exact) mass is 440 g/mol. The Labute approximate surface area is 193 Å². The first-order valence-electron chi connectivity index (χ1n) is 11.4. The molecule has 1 aliphatic carbocycles. The van der Waals surface area contributed by atoms with Crippen molar-refractivity contribution in [2.45, 2.75) is 51.1 Å². The summed E-state index contributed by atoms with van der Waals surface area (Å²) >= 11 is 0. The lowest BCUT2D eigenvalue weighted by Gasteiger charge is -2.54. The van der Waals surface area contributed by atoms with E-state index >= 15 is 0 Å². The quantitative estimate of drug-likeness (QED) is 0.361. The number of pyridine rings is 1. The van der Waals surface area contributed by atoms with Crippen LogP contribution >= 0.6 is 0 Å². The average Bonchev–Trinajstić information content (AvgIpc) is 3.15. The molecule has 5 rings (SSSR count). The molecule has 1 aliphatic rings. The summed E-state index contributed by atoms with van der Waals surface area (Å²) in [5, 5.41) is 11.0. The Bertz CT molecular complexity index is 1300. The maximum atomic E-state index is 12.3. The van der Waals surface area contributed by atoms with Gasteiger partial charge in [-0.1, -0.05) is 54.6 Å². The standard InChI is InChI=1S/C28H28N2O3/c1-27(2,3)30(26(31)32)28(16-8-17-28)21-14-12-20(13-15-21)24-23(19-9-5-4-6-10-19)22-11-7-18-29-25(22)33-24/h4-7,9-15,18H,8,16-17H2,1-3H3,(H,31,32). The topological polar surface area (TPSA) is 66.6 Å². The van der Waals surface area contributed by atoms with E-state index in [1.165, 1.54) is 0 Å². The van der Waals surface area contributed by atoms with Crippen molar-refractivity contribution in [1.29, 1.82) is 0 Å². The molecule has 1 amide bonds. The number of aromatic nitrogens is 1.